The van der Waals surface area contributed by atoms with Crippen molar-refractivity contribution in [2.45, 2.75) is 71.1 Å². The van der Waals surface area contributed by atoms with Gasteiger partial charge in [0, 0.05) is 0 Å². The molecule has 0 spiro atoms. The Morgan fingerprint density at radius 1 is 0.867 bits per heavy atom. The average Bonchev–Trinajstić information content (AvgIpc) is 2.26. The molecule has 90 valence electrons. The van der Waals surface area contributed by atoms with E-state index >= 15 is 0 Å². The van der Waals surface area contributed by atoms with Crippen molar-refractivity contribution in [1.82, 2.24) is 0 Å². The highest BCUT2D eigenvalue weighted by atomic mass is 31.0. The molecule has 0 saturated heterocycles. The molecule has 0 aromatic heterocycles. The van der Waals surface area contributed by atoms with Gasteiger partial charge in [0.25, 0.3) is 0 Å². The summed E-state index contributed by atoms with van der Waals surface area (Å²) in [6, 6.07) is 0. The SMILES string of the molecule is CCCCCCCCCCCC=COP. The normalized spacial score (nSPS) is 11.1. The highest BCUT2D eigenvalue weighted by molar-refractivity contribution is 7.10. The Hall–Kier alpha value is -0.0300. The summed E-state index contributed by atoms with van der Waals surface area (Å²) in [5.74, 6) is 0. The molecule has 1 nitrogen and oxygen atoms in total. The van der Waals surface area contributed by atoms with Crippen LogP contribution in [0.5, 0.6) is 0 Å². The first-order chi connectivity index (χ1) is 7.41. The van der Waals surface area contributed by atoms with E-state index in [4.69, 9.17) is 4.52 Å². The molecule has 1 unspecified atom stereocenters. The third-order valence-corrected chi connectivity index (χ3v) is 2.81. The van der Waals surface area contributed by atoms with Crippen molar-refractivity contribution in [3.05, 3.63) is 12.3 Å². The molecule has 0 aliphatic carbocycles. The third kappa shape index (κ3) is 14.0. The molecular formula is C13H27OP. The minimum Gasteiger partial charge on any atom is -0.488 e. The van der Waals surface area contributed by atoms with Crippen LogP contribution in [0.4, 0.5) is 0 Å². The van der Waals surface area contributed by atoms with E-state index < -0.39 is 0 Å². The fourth-order valence-corrected chi connectivity index (χ4v) is 1.81. The van der Waals surface area contributed by atoms with E-state index in [1.54, 1.807) is 6.26 Å². The van der Waals surface area contributed by atoms with E-state index in [2.05, 4.69) is 22.5 Å². The lowest BCUT2D eigenvalue weighted by molar-refractivity contribution is 0.551. The lowest BCUT2D eigenvalue weighted by Gasteiger charge is -2.00. The number of hydrogen-bond acceptors (Lipinski definition) is 1. The summed E-state index contributed by atoms with van der Waals surface area (Å²) in [5, 5.41) is 0. The Morgan fingerprint density at radius 2 is 1.40 bits per heavy atom. The van der Waals surface area contributed by atoms with Crippen LogP contribution in [-0.2, 0) is 4.52 Å². The smallest absolute Gasteiger partial charge is 0.0821 e. The Bertz CT molecular complexity index is 134. The quantitative estimate of drug-likeness (QED) is 0.268. The van der Waals surface area contributed by atoms with Gasteiger partial charge in [-0.15, -0.1) is 0 Å². The largest absolute Gasteiger partial charge is 0.488 e. The van der Waals surface area contributed by atoms with Gasteiger partial charge in [-0.05, 0) is 18.9 Å². The van der Waals surface area contributed by atoms with Gasteiger partial charge < -0.3 is 4.52 Å². The van der Waals surface area contributed by atoms with Gasteiger partial charge >= 0.3 is 0 Å². The molecule has 0 aliphatic heterocycles. The van der Waals surface area contributed by atoms with Crippen molar-refractivity contribution in [3.63, 3.8) is 0 Å². The lowest BCUT2D eigenvalue weighted by atomic mass is 10.1. The topological polar surface area (TPSA) is 9.23 Å². The van der Waals surface area contributed by atoms with Gasteiger partial charge in [-0.2, -0.15) is 0 Å². The molecule has 1 atom stereocenters. The van der Waals surface area contributed by atoms with Gasteiger partial charge in [0.05, 0.1) is 15.7 Å². The van der Waals surface area contributed by atoms with E-state index in [0.29, 0.717) is 0 Å². The van der Waals surface area contributed by atoms with Gasteiger partial charge in [-0.25, -0.2) is 0 Å². The van der Waals surface area contributed by atoms with Crippen LogP contribution in [0.3, 0.4) is 0 Å². The van der Waals surface area contributed by atoms with E-state index in [1.807, 2.05) is 0 Å². The summed E-state index contributed by atoms with van der Waals surface area (Å²) in [6.07, 6.45) is 17.6. The fraction of sp³-hybridized carbons (Fsp3) is 0.846. The van der Waals surface area contributed by atoms with Crippen LogP contribution in [0.2, 0.25) is 0 Å². The highest BCUT2D eigenvalue weighted by Gasteiger charge is 1.90. The zero-order valence-electron chi connectivity index (χ0n) is 10.2. The molecule has 0 aromatic carbocycles. The maximum absolute atomic E-state index is 4.76. The molecule has 0 aromatic rings. The number of rotatable bonds is 11. The highest BCUT2D eigenvalue weighted by Crippen LogP contribution is 2.10. The second-order valence-corrected chi connectivity index (χ2v) is 4.40. The van der Waals surface area contributed by atoms with Gasteiger partial charge in [0.15, 0.2) is 0 Å². The molecule has 0 heterocycles. The molecule has 0 aliphatic rings. The van der Waals surface area contributed by atoms with Gasteiger partial charge in [0.2, 0.25) is 0 Å². The number of hydrogen-bond donors (Lipinski definition) is 0. The Morgan fingerprint density at radius 3 is 1.93 bits per heavy atom. The summed E-state index contributed by atoms with van der Waals surface area (Å²) >= 11 is 0. The van der Waals surface area contributed by atoms with Crippen molar-refractivity contribution in [3.8, 4) is 0 Å². The van der Waals surface area contributed by atoms with Gasteiger partial charge in [-0.3, -0.25) is 0 Å². The van der Waals surface area contributed by atoms with E-state index in [1.165, 1.54) is 57.8 Å². The second kappa shape index (κ2) is 14.0. The fourth-order valence-electron chi connectivity index (χ4n) is 1.70. The zero-order valence-corrected chi connectivity index (χ0v) is 11.4. The molecule has 0 fully saturated rings. The molecule has 15 heavy (non-hydrogen) atoms. The molecule has 0 amide bonds. The van der Waals surface area contributed by atoms with Crippen LogP contribution in [0.25, 0.3) is 0 Å². The van der Waals surface area contributed by atoms with Crippen LogP contribution < -0.4 is 0 Å². The molecule has 0 rings (SSSR count). The maximum atomic E-state index is 4.76. The minimum absolute atomic E-state index is 1.16. The Balaban J connectivity index is 2.89. The summed E-state index contributed by atoms with van der Waals surface area (Å²) in [6.45, 7) is 2.27. The molecule has 0 bridgehead atoms. The third-order valence-electron chi connectivity index (χ3n) is 2.65. The number of unbranched alkanes of at least 4 members (excludes halogenated alkanes) is 9. The maximum Gasteiger partial charge on any atom is 0.0821 e. The molecule has 0 N–H and O–H groups in total. The van der Waals surface area contributed by atoms with Crippen LogP contribution in [0.1, 0.15) is 71.1 Å². The minimum atomic E-state index is 1.16. The van der Waals surface area contributed by atoms with Crippen molar-refractivity contribution in [2.75, 3.05) is 0 Å². The molecule has 0 saturated carbocycles. The van der Waals surface area contributed by atoms with Crippen molar-refractivity contribution in [1.29, 1.82) is 0 Å². The van der Waals surface area contributed by atoms with Crippen molar-refractivity contribution in [2.24, 2.45) is 0 Å². The van der Waals surface area contributed by atoms with Crippen molar-refractivity contribution >= 4 is 9.47 Å². The molecule has 2 heteroatoms. The van der Waals surface area contributed by atoms with E-state index in [0.717, 1.165) is 6.42 Å². The van der Waals surface area contributed by atoms with Gasteiger partial charge in [0.1, 0.15) is 0 Å². The van der Waals surface area contributed by atoms with Crippen LogP contribution in [0.15, 0.2) is 12.3 Å². The summed E-state index contributed by atoms with van der Waals surface area (Å²) in [7, 11) is 2.23. The van der Waals surface area contributed by atoms with Gasteiger partial charge in [-0.1, -0.05) is 58.3 Å². The summed E-state index contributed by atoms with van der Waals surface area (Å²) < 4.78 is 4.76. The van der Waals surface area contributed by atoms with Crippen LogP contribution in [0, 0.1) is 0 Å². The van der Waals surface area contributed by atoms with Crippen LogP contribution >= 0.6 is 9.47 Å². The summed E-state index contributed by atoms with van der Waals surface area (Å²) in [4.78, 5) is 0. The first kappa shape index (κ1) is 15.0. The average molecular weight is 230 g/mol. The predicted molar refractivity (Wildman–Crippen MR) is 71.8 cm³/mol. The Labute approximate surface area is 98.0 Å². The predicted octanol–water partition coefficient (Wildman–Crippen LogP) is 5.23. The van der Waals surface area contributed by atoms with E-state index in [9.17, 15) is 0 Å². The summed E-state index contributed by atoms with van der Waals surface area (Å²) in [5.41, 5.74) is 0. The first-order valence-corrected chi connectivity index (χ1v) is 6.89. The van der Waals surface area contributed by atoms with E-state index in [-0.39, 0.29) is 0 Å². The standard InChI is InChI=1S/C13H27OP/c1-2-3-4-5-6-7-8-9-10-11-12-13-14-15/h12-13H,2-11,15H2,1H3. The lowest BCUT2D eigenvalue weighted by Crippen LogP contribution is -1.80. The monoisotopic (exact) mass is 230 g/mol. The zero-order chi connectivity index (χ0) is 11.2. The Kier molecular flexibility index (Phi) is 13.9. The number of allylic oxidation sites excluding steroid dienone is 1. The molecular weight excluding hydrogens is 203 g/mol. The first-order valence-electron chi connectivity index (χ1n) is 6.42. The molecule has 0 radical (unpaired) electrons. The second-order valence-electron chi connectivity index (χ2n) is 4.12. The van der Waals surface area contributed by atoms with Crippen molar-refractivity contribution < 1.29 is 4.52 Å². The van der Waals surface area contributed by atoms with Crippen LogP contribution in [-0.4, -0.2) is 0 Å².